The van der Waals surface area contributed by atoms with Crippen LogP contribution in [0.1, 0.15) is 27.6 Å². The number of hydrogen-bond donors (Lipinski definition) is 1. The average Bonchev–Trinajstić information content (AvgIpc) is 2.28. The smallest absolute Gasteiger partial charge is 0.338 e. The Hall–Kier alpha value is -1.84. The molecular formula is C10H10O4. The number of carbonyl (C=O) groups is 2. The van der Waals surface area contributed by atoms with Gasteiger partial charge in [0.05, 0.1) is 17.7 Å². The summed E-state index contributed by atoms with van der Waals surface area (Å²) in [6, 6.07) is 6.04. The lowest BCUT2D eigenvalue weighted by Gasteiger charge is -2.04. The fourth-order valence-electron chi connectivity index (χ4n) is 1.05. The summed E-state index contributed by atoms with van der Waals surface area (Å²) in [6.45, 7) is 1.90. The molecule has 0 aromatic heterocycles. The number of ether oxygens (including phenoxy) is 1. The molecule has 0 fully saturated rings. The van der Waals surface area contributed by atoms with Crippen molar-refractivity contribution < 1.29 is 19.4 Å². The predicted molar refractivity (Wildman–Crippen MR) is 49.4 cm³/mol. The predicted octanol–water partition coefficient (Wildman–Crippen LogP) is 1.56. The van der Waals surface area contributed by atoms with E-state index >= 15 is 0 Å². The Morgan fingerprint density at radius 3 is 2.64 bits per heavy atom. The van der Waals surface area contributed by atoms with Gasteiger partial charge >= 0.3 is 11.9 Å². The maximum absolute atomic E-state index is 11.4. The van der Waals surface area contributed by atoms with Crippen LogP contribution in [0.4, 0.5) is 0 Å². The molecule has 0 aliphatic carbocycles. The van der Waals surface area contributed by atoms with Crippen LogP contribution in [0.15, 0.2) is 24.3 Å². The molecule has 0 unspecified atom stereocenters. The molecule has 0 bridgehead atoms. The molecule has 0 amide bonds. The lowest BCUT2D eigenvalue weighted by Crippen LogP contribution is -2.11. The maximum Gasteiger partial charge on any atom is 0.338 e. The minimum Gasteiger partial charge on any atom is -0.478 e. The quantitative estimate of drug-likeness (QED) is 0.743. The Balaban J connectivity index is 3.06. The van der Waals surface area contributed by atoms with Crippen LogP contribution in [0.2, 0.25) is 0 Å². The third-order valence-corrected chi connectivity index (χ3v) is 1.64. The summed E-state index contributed by atoms with van der Waals surface area (Å²) in [5.74, 6) is -1.47. The number of esters is 1. The van der Waals surface area contributed by atoms with Crippen LogP contribution in [-0.2, 0) is 4.74 Å². The molecule has 1 aromatic rings. The Kier molecular flexibility index (Phi) is 2.76. The van der Waals surface area contributed by atoms with E-state index in [1.807, 2.05) is 0 Å². The van der Waals surface area contributed by atoms with Gasteiger partial charge < -0.3 is 9.85 Å². The van der Waals surface area contributed by atoms with Crippen molar-refractivity contribution in [3.05, 3.63) is 35.4 Å². The van der Waals surface area contributed by atoms with Gasteiger partial charge in [0.15, 0.2) is 0 Å². The van der Waals surface area contributed by atoms with Crippen molar-refractivity contribution in [2.45, 2.75) is 6.92 Å². The maximum atomic E-state index is 11.4. The van der Waals surface area contributed by atoms with E-state index in [9.17, 15) is 9.59 Å². The summed E-state index contributed by atoms with van der Waals surface area (Å²) < 4.78 is 11.2. The molecule has 0 atom stereocenters. The molecule has 4 heteroatoms. The summed E-state index contributed by atoms with van der Waals surface area (Å²) in [4.78, 5) is 22.5. The molecule has 4 nitrogen and oxygen atoms in total. The van der Waals surface area contributed by atoms with E-state index in [-0.39, 0.29) is 17.7 Å². The minimum absolute atomic E-state index is 0.0333. The van der Waals surface area contributed by atoms with Gasteiger partial charge in [0.25, 0.3) is 1.43 Å². The molecule has 0 spiro atoms. The van der Waals surface area contributed by atoms with Gasteiger partial charge in [0.1, 0.15) is 0 Å². The summed E-state index contributed by atoms with van der Waals surface area (Å²) in [6.07, 6.45) is 0. The molecule has 1 rings (SSSR count). The number of benzene rings is 1. The highest BCUT2D eigenvalue weighted by Gasteiger charge is 2.15. The van der Waals surface area contributed by atoms with Crippen molar-refractivity contribution in [1.29, 1.82) is 1.43 Å². The molecule has 0 aliphatic rings. The molecule has 1 N–H and O–H groups in total. The first-order chi connectivity index (χ1) is 7.20. The molecular weight excluding hydrogens is 184 g/mol. The summed E-state index contributed by atoms with van der Waals surface area (Å²) in [7, 11) is 0. The molecule has 0 radical (unpaired) electrons. The van der Waals surface area contributed by atoms with E-state index in [0.29, 0.717) is 0 Å². The molecule has 74 valence electrons. The SMILES string of the molecule is [2H]OC(=O)c1ccccc1C(=O)OCC. The van der Waals surface area contributed by atoms with E-state index in [2.05, 4.69) is 5.11 Å². The molecule has 14 heavy (non-hydrogen) atoms. The van der Waals surface area contributed by atoms with Crippen LogP contribution >= 0.6 is 0 Å². The third-order valence-electron chi connectivity index (χ3n) is 1.64. The summed E-state index contributed by atoms with van der Waals surface area (Å²) in [5.41, 5.74) is 0.141. The highest BCUT2D eigenvalue weighted by atomic mass is 16.5. The van der Waals surface area contributed by atoms with Crippen LogP contribution in [0.5, 0.6) is 0 Å². The topological polar surface area (TPSA) is 63.6 Å². The Morgan fingerprint density at radius 2 is 2.07 bits per heavy atom. The Morgan fingerprint density at radius 1 is 1.43 bits per heavy atom. The van der Waals surface area contributed by atoms with Gasteiger partial charge in [-0.2, -0.15) is 0 Å². The van der Waals surface area contributed by atoms with Crippen molar-refractivity contribution in [2.75, 3.05) is 6.61 Å². The highest BCUT2D eigenvalue weighted by molar-refractivity contribution is 6.02. The second-order valence-corrected chi connectivity index (χ2v) is 2.55. The standard InChI is InChI=1S/C10H10O4/c1-2-14-10(13)8-6-4-3-5-7(8)9(11)12/h3-6H,2H2,1H3,(H,11,12)/i/hD. The van der Waals surface area contributed by atoms with Gasteiger partial charge in [0, 0.05) is 0 Å². The van der Waals surface area contributed by atoms with Gasteiger partial charge in [-0.05, 0) is 19.1 Å². The number of aromatic carboxylic acids is 1. The first-order valence-electron chi connectivity index (χ1n) is 4.55. The number of carboxylic acid groups (broad SMARTS) is 1. The van der Waals surface area contributed by atoms with Crippen molar-refractivity contribution in [2.24, 2.45) is 0 Å². The second-order valence-electron chi connectivity index (χ2n) is 2.55. The normalized spacial score (nSPS) is 10.2. The minimum atomic E-state index is -0.876. The number of hydrogen-bond acceptors (Lipinski definition) is 4. The largest absolute Gasteiger partial charge is 0.478 e. The molecule has 0 saturated carbocycles. The van der Waals surface area contributed by atoms with E-state index < -0.39 is 11.9 Å². The molecule has 0 heterocycles. The van der Waals surface area contributed by atoms with E-state index in [0.717, 1.165) is 0 Å². The van der Waals surface area contributed by atoms with Gasteiger partial charge in [-0.1, -0.05) is 12.1 Å². The van der Waals surface area contributed by atoms with Gasteiger partial charge in [-0.15, -0.1) is 0 Å². The Labute approximate surface area is 82.6 Å². The van der Waals surface area contributed by atoms with Crippen LogP contribution in [0.25, 0.3) is 1.43 Å². The molecule has 0 saturated heterocycles. The second kappa shape index (κ2) is 4.41. The van der Waals surface area contributed by atoms with E-state index in [4.69, 9.17) is 6.17 Å². The fourth-order valence-corrected chi connectivity index (χ4v) is 1.05. The van der Waals surface area contributed by atoms with Gasteiger partial charge in [0.2, 0.25) is 0 Å². The zero-order chi connectivity index (χ0) is 11.3. The molecule has 1 aromatic carbocycles. The van der Waals surface area contributed by atoms with Crippen LogP contribution < -0.4 is 0 Å². The zero-order valence-electron chi connectivity index (χ0n) is 8.65. The van der Waals surface area contributed by atoms with E-state index in [1.54, 1.807) is 19.1 Å². The number of rotatable bonds is 3. The number of carbonyl (C=O) groups excluding carboxylic acids is 1. The van der Waals surface area contributed by atoms with E-state index in [1.165, 1.54) is 12.1 Å². The first kappa shape index (κ1) is 8.74. The summed E-state index contributed by atoms with van der Waals surface area (Å²) in [5, 5.41) is 3.81. The van der Waals surface area contributed by atoms with Crippen molar-refractivity contribution in [3.63, 3.8) is 0 Å². The van der Waals surface area contributed by atoms with Crippen LogP contribution in [0.3, 0.4) is 0 Å². The Bertz CT molecular complexity index is 375. The van der Waals surface area contributed by atoms with Gasteiger partial charge in [-0.3, -0.25) is 0 Å². The monoisotopic (exact) mass is 195 g/mol. The van der Waals surface area contributed by atoms with Crippen LogP contribution in [0, 0.1) is 0 Å². The molecule has 0 aliphatic heterocycles. The first-order valence-corrected chi connectivity index (χ1v) is 4.14. The van der Waals surface area contributed by atoms with Crippen molar-refractivity contribution in [3.8, 4) is 0 Å². The zero-order valence-corrected chi connectivity index (χ0v) is 7.65. The highest BCUT2D eigenvalue weighted by Crippen LogP contribution is 2.09. The summed E-state index contributed by atoms with van der Waals surface area (Å²) >= 11 is 0. The fraction of sp³-hybridized carbons (Fsp3) is 0.200. The average molecular weight is 195 g/mol. The third kappa shape index (κ3) is 2.10. The lowest BCUT2D eigenvalue weighted by molar-refractivity contribution is 0.0514. The van der Waals surface area contributed by atoms with Crippen molar-refractivity contribution in [1.82, 2.24) is 0 Å². The van der Waals surface area contributed by atoms with Crippen LogP contribution in [-0.4, -0.2) is 23.7 Å². The van der Waals surface area contributed by atoms with Gasteiger partial charge in [-0.25, -0.2) is 9.59 Å². The lowest BCUT2D eigenvalue weighted by atomic mass is 10.1. The number of carboxylic acids is 1. The van der Waals surface area contributed by atoms with Crippen molar-refractivity contribution >= 4 is 11.9 Å².